The molecule has 1 amide bonds. The fraction of sp³-hybridized carbons (Fsp3) is 0.286. The molecule has 1 aliphatic heterocycles. The maximum absolute atomic E-state index is 14.8. The zero-order valence-corrected chi connectivity index (χ0v) is 24.2. The van der Waals surface area contributed by atoms with Crippen LogP contribution in [0.15, 0.2) is 54.9 Å². The van der Waals surface area contributed by atoms with Crippen LogP contribution in [0.2, 0.25) is 0 Å². The van der Waals surface area contributed by atoms with Crippen LogP contribution in [0.1, 0.15) is 12.0 Å². The molecule has 2 atom stereocenters. The van der Waals surface area contributed by atoms with Crippen LogP contribution < -0.4 is 14.8 Å². The molecule has 5 rings (SSSR count). The first-order chi connectivity index (χ1) is 21.2. The number of carbonyl (C=O) groups is 1. The Hall–Kier alpha value is -4.80. The number of fused-ring (bicyclic) bond motifs is 1. The third-order valence-corrected chi connectivity index (χ3v) is 8.04. The van der Waals surface area contributed by atoms with Crippen molar-refractivity contribution in [2.75, 3.05) is 28.9 Å². The molecule has 1 fully saturated rings. The van der Waals surface area contributed by atoms with Gasteiger partial charge in [-0.2, -0.15) is 13.2 Å². The molecule has 11 nitrogen and oxygen atoms in total. The van der Waals surface area contributed by atoms with Gasteiger partial charge in [-0.15, -0.1) is 0 Å². The number of sulfonamides is 1. The lowest BCUT2D eigenvalue weighted by Crippen LogP contribution is -2.49. The molecule has 3 heterocycles. The molecule has 238 valence electrons. The van der Waals surface area contributed by atoms with E-state index in [1.54, 1.807) is 29.8 Å². The molecule has 0 saturated carbocycles. The van der Waals surface area contributed by atoms with Gasteiger partial charge in [-0.25, -0.2) is 36.9 Å². The molecular formula is C28H25F5N6O5S. The van der Waals surface area contributed by atoms with Crippen molar-refractivity contribution >= 4 is 38.5 Å². The van der Waals surface area contributed by atoms with Crippen LogP contribution in [0.25, 0.3) is 22.0 Å². The predicted octanol–water partition coefficient (Wildman–Crippen LogP) is 5.74. The van der Waals surface area contributed by atoms with Crippen molar-refractivity contribution in [2.45, 2.75) is 31.7 Å². The average molecular weight is 653 g/mol. The van der Waals surface area contributed by atoms with E-state index in [-0.39, 0.29) is 47.9 Å². The molecule has 0 radical (unpaired) electrons. The maximum atomic E-state index is 14.8. The van der Waals surface area contributed by atoms with Crippen molar-refractivity contribution in [3.8, 4) is 22.9 Å². The summed E-state index contributed by atoms with van der Waals surface area (Å²) in [5.74, 6) is -3.04. The third-order valence-electron chi connectivity index (χ3n) is 6.81. The van der Waals surface area contributed by atoms with Crippen LogP contribution in [0.5, 0.6) is 11.6 Å². The lowest BCUT2D eigenvalue weighted by atomic mass is 10.0. The van der Waals surface area contributed by atoms with Gasteiger partial charge in [0.1, 0.15) is 17.7 Å². The normalized spacial score (nSPS) is 17.2. The number of aromatic nitrogens is 3. The number of ether oxygens (including phenoxy) is 1. The molecule has 1 aliphatic rings. The third kappa shape index (κ3) is 7.47. The van der Waals surface area contributed by atoms with Crippen LogP contribution >= 0.6 is 0 Å². The number of hydrogen-bond donors (Lipinski definition) is 3. The van der Waals surface area contributed by atoms with Gasteiger partial charge in [0.25, 0.3) is 0 Å². The molecule has 0 aliphatic carbocycles. The molecule has 0 spiro atoms. The monoisotopic (exact) mass is 652 g/mol. The van der Waals surface area contributed by atoms with Gasteiger partial charge in [-0.3, -0.25) is 4.72 Å². The number of carboxylic acid groups (broad SMARTS) is 1. The summed E-state index contributed by atoms with van der Waals surface area (Å²) in [4.78, 5) is 25.2. The van der Waals surface area contributed by atoms with Gasteiger partial charge in [0, 0.05) is 42.2 Å². The van der Waals surface area contributed by atoms with Crippen molar-refractivity contribution < 1.29 is 45.0 Å². The average Bonchev–Trinajstić information content (AvgIpc) is 2.94. The van der Waals surface area contributed by atoms with E-state index in [0.29, 0.717) is 16.8 Å². The molecule has 2 aromatic heterocycles. The Kier molecular flexibility index (Phi) is 8.64. The summed E-state index contributed by atoms with van der Waals surface area (Å²) >= 11 is 0. The van der Waals surface area contributed by atoms with Gasteiger partial charge < -0.3 is 20.1 Å². The lowest BCUT2D eigenvalue weighted by molar-refractivity contribution is -0.106. The second kappa shape index (κ2) is 12.3. The maximum Gasteiger partial charge on any atom is 0.407 e. The number of rotatable bonds is 8. The van der Waals surface area contributed by atoms with Gasteiger partial charge in [-0.05, 0) is 42.8 Å². The minimum absolute atomic E-state index is 0.0276. The summed E-state index contributed by atoms with van der Waals surface area (Å²) in [7, 11) is -5.00. The predicted molar refractivity (Wildman–Crippen MR) is 154 cm³/mol. The quantitative estimate of drug-likeness (QED) is 0.203. The summed E-state index contributed by atoms with van der Waals surface area (Å²) in [5.41, 5.74) is 0.532. The highest BCUT2D eigenvalue weighted by Crippen LogP contribution is 2.40. The zero-order valence-electron chi connectivity index (χ0n) is 23.3. The van der Waals surface area contributed by atoms with Crippen molar-refractivity contribution in [3.63, 3.8) is 0 Å². The number of hydrogen-bond acceptors (Lipinski definition) is 8. The molecule has 0 bridgehead atoms. The van der Waals surface area contributed by atoms with Gasteiger partial charge in [0.15, 0.2) is 5.75 Å². The number of halogens is 5. The highest BCUT2D eigenvalue weighted by Gasteiger charge is 2.36. The van der Waals surface area contributed by atoms with E-state index in [1.165, 1.54) is 30.6 Å². The van der Waals surface area contributed by atoms with Gasteiger partial charge in [0.05, 0.1) is 23.5 Å². The first-order valence-corrected chi connectivity index (χ1v) is 15.0. The van der Waals surface area contributed by atoms with Crippen molar-refractivity contribution in [1.29, 1.82) is 0 Å². The summed E-state index contributed by atoms with van der Waals surface area (Å²) in [6, 6.07) is 9.24. The number of nitrogens with one attached hydrogen (secondary N) is 2. The minimum atomic E-state index is -5.05. The van der Waals surface area contributed by atoms with Crippen LogP contribution in [-0.2, 0) is 10.0 Å². The van der Waals surface area contributed by atoms with E-state index in [4.69, 9.17) is 4.74 Å². The molecule has 2 aromatic carbocycles. The van der Waals surface area contributed by atoms with E-state index in [0.717, 1.165) is 11.0 Å². The molecular weight excluding hydrogens is 627 g/mol. The van der Waals surface area contributed by atoms with Crippen LogP contribution in [0, 0.1) is 12.7 Å². The van der Waals surface area contributed by atoms with E-state index in [2.05, 4.69) is 20.3 Å². The number of aryl methyl sites for hydroxylation is 1. The topological polar surface area (TPSA) is 147 Å². The Bertz CT molecular complexity index is 1860. The molecule has 3 N–H and O–H groups in total. The number of piperidine rings is 1. The number of anilines is 2. The number of pyridine rings is 1. The first-order valence-electron chi connectivity index (χ1n) is 13.3. The Morgan fingerprint density at radius 1 is 1.09 bits per heavy atom. The van der Waals surface area contributed by atoms with E-state index < -0.39 is 51.8 Å². The fourth-order valence-corrected chi connectivity index (χ4v) is 5.95. The van der Waals surface area contributed by atoms with Crippen LogP contribution in [0.3, 0.4) is 0 Å². The Morgan fingerprint density at radius 3 is 2.58 bits per heavy atom. The van der Waals surface area contributed by atoms with Gasteiger partial charge >= 0.3 is 12.3 Å². The first kappa shape index (κ1) is 31.6. The van der Waals surface area contributed by atoms with E-state index >= 15 is 0 Å². The Labute approximate surface area is 253 Å². The molecule has 0 unspecified atom stereocenters. The standard InChI is InChI=1S/C28H25F5N6O5S/c1-15-4-5-18-19(6-7-21(30)23(18)38-45(42,43)14-28(31,32)33)24(15)44-25-20(3-2-9-34-25)22-8-10-35-26(37-22)36-17-11-16(29)12-39(13-17)27(40)41/h2-10,16-17,38H,11-14H2,1H3,(H,40,41)(H,35,36,37)/t16-,17-/m1/s1. The number of benzene rings is 2. The Morgan fingerprint density at radius 2 is 1.84 bits per heavy atom. The highest BCUT2D eigenvalue weighted by atomic mass is 32.2. The summed E-state index contributed by atoms with van der Waals surface area (Å²) in [6.45, 7) is 1.45. The molecule has 4 aromatic rings. The molecule has 1 saturated heterocycles. The smallest absolute Gasteiger partial charge is 0.407 e. The zero-order chi connectivity index (χ0) is 32.5. The van der Waals surface area contributed by atoms with Crippen molar-refractivity contribution in [1.82, 2.24) is 19.9 Å². The fourth-order valence-electron chi connectivity index (χ4n) is 4.93. The van der Waals surface area contributed by atoms with Gasteiger partial charge in [0.2, 0.25) is 21.9 Å². The summed E-state index contributed by atoms with van der Waals surface area (Å²) < 4.78 is 99.6. The second-order valence-electron chi connectivity index (χ2n) is 10.3. The molecule has 45 heavy (non-hydrogen) atoms. The SMILES string of the molecule is Cc1ccc2c(NS(=O)(=O)CC(F)(F)F)c(F)ccc2c1Oc1ncccc1-c1ccnc(N[C@@H]2C[C@@H](F)CN(C(=O)O)C2)n1. The van der Waals surface area contributed by atoms with Crippen LogP contribution in [-0.4, -0.2) is 76.7 Å². The Balaban J connectivity index is 1.47. The summed E-state index contributed by atoms with van der Waals surface area (Å²) in [6.07, 6.45) is -4.75. The van der Waals surface area contributed by atoms with Crippen molar-refractivity contribution in [3.05, 3.63) is 66.2 Å². The summed E-state index contributed by atoms with van der Waals surface area (Å²) in [5, 5.41) is 12.4. The van der Waals surface area contributed by atoms with Gasteiger partial charge in [-0.1, -0.05) is 12.1 Å². The highest BCUT2D eigenvalue weighted by molar-refractivity contribution is 7.92. The minimum Gasteiger partial charge on any atom is -0.465 e. The second-order valence-corrected chi connectivity index (χ2v) is 12.0. The van der Waals surface area contributed by atoms with E-state index in [1.807, 2.05) is 0 Å². The van der Waals surface area contributed by atoms with Crippen LogP contribution in [0.4, 0.5) is 38.4 Å². The number of amides is 1. The van der Waals surface area contributed by atoms with Crippen molar-refractivity contribution in [2.24, 2.45) is 0 Å². The lowest BCUT2D eigenvalue weighted by Gasteiger charge is -2.33. The largest absolute Gasteiger partial charge is 0.465 e. The van der Waals surface area contributed by atoms with E-state index in [9.17, 15) is 40.3 Å². The number of nitrogens with zero attached hydrogens (tertiary/aromatic N) is 4. The molecule has 17 heteroatoms. The number of alkyl halides is 4. The number of likely N-dealkylation sites (tertiary alicyclic amines) is 1.